The second kappa shape index (κ2) is 4.08. The van der Waals surface area contributed by atoms with Crippen molar-refractivity contribution in [3.63, 3.8) is 0 Å². The Bertz CT molecular complexity index is 354. The van der Waals surface area contributed by atoms with Crippen molar-refractivity contribution in [2.24, 2.45) is 0 Å². The third kappa shape index (κ3) is 1.91. The first kappa shape index (κ1) is 10.3. The summed E-state index contributed by atoms with van der Waals surface area (Å²) >= 11 is 0. The first-order valence-corrected chi connectivity index (χ1v) is 5.00. The van der Waals surface area contributed by atoms with Crippen molar-refractivity contribution in [2.45, 2.75) is 18.6 Å². The molecular weight excluding hydrogens is 194 g/mol. The van der Waals surface area contributed by atoms with E-state index in [0.29, 0.717) is 5.75 Å². The van der Waals surface area contributed by atoms with Crippen LogP contribution in [0.1, 0.15) is 18.0 Å². The summed E-state index contributed by atoms with van der Waals surface area (Å²) in [5.41, 5.74) is 0.939. The molecule has 15 heavy (non-hydrogen) atoms. The number of phenolic OH excluding ortho intramolecular Hbond substituents is 1. The zero-order valence-electron chi connectivity index (χ0n) is 8.60. The van der Waals surface area contributed by atoms with E-state index in [1.54, 1.807) is 18.2 Å². The van der Waals surface area contributed by atoms with Crippen molar-refractivity contribution in [1.82, 2.24) is 5.32 Å². The molecule has 3 N–H and O–H groups in total. The van der Waals surface area contributed by atoms with Crippen LogP contribution in [0.25, 0.3) is 0 Å². The van der Waals surface area contributed by atoms with E-state index < -0.39 is 0 Å². The number of hydrogen-bond acceptors (Lipinski definition) is 4. The van der Waals surface area contributed by atoms with E-state index in [0.717, 1.165) is 18.5 Å². The molecule has 0 unspecified atom stereocenters. The number of nitrogens with one attached hydrogen (secondary N) is 1. The lowest BCUT2D eigenvalue weighted by molar-refractivity contribution is 0.160. The van der Waals surface area contributed by atoms with Crippen molar-refractivity contribution >= 4 is 0 Å². The van der Waals surface area contributed by atoms with Gasteiger partial charge in [0.1, 0.15) is 0 Å². The lowest BCUT2D eigenvalue weighted by Crippen LogP contribution is -2.20. The van der Waals surface area contributed by atoms with E-state index in [1.165, 1.54) is 7.11 Å². The van der Waals surface area contributed by atoms with Crippen LogP contribution >= 0.6 is 0 Å². The maximum Gasteiger partial charge on any atom is 0.160 e. The Hall–Kier alpha value is -1.26. The van der Waals surface area contributed by atoms with Gasteiger partial charge in [0.15, 0.2) is 11.5 Å². The van der Waals surface area contributed by atoms with E-state index in [-0.39, 0.29) is 17.9 Å². The van der Waals surface area contributed by atoms with Crippen LogP contribution in [0.15, 0.2) is 18.2 Å². The third-order valence-corrected chi connectivity index (χ3v) is 2.75. The smallest absolute Gasteiger partial charge is 0.160 e. The summed E-state index contributed by atoms with van der Waals surface area (Å²) in [6, 6.07) is 5.08. The van der Waals surface area contributed by atoms with Gasteiger partial charge in [-0.25, -0.2) is 0 Å². The predicted octanol–water partition coefficient (Wildman–Crippen LogP) is 0.796. The second-order valence-corrected chi connectivity index (χ2v) is 3.72. The van der Waals surface area contributed by atoms with Crippen LogP contribution in [-0.2, 0) is 0 Å². The van der Waals surface area contributed by atoms with Crippen LogP contribution in [0.4, 0.5) is 0 Å². The Kier molecular flexibility index (Phi) is 2.79. The molecule has 2 atom stereocenters. The molecule has 0 saturated carbocycles. The van der Waals surface area contributed by atoms with E-state index in [9.17, 15) is 10.2 Å². The van der Waals surface area contributed by atoms with Gasteiger partial charge in [-0.1, -0.05) is 6.07 Å². The monoisotopic (exact) mass is 209 g/mol. The summed E-state index contributed by atoms with van der Waals surface area (Å²) in [6.07, 6.45) is 0.396. The van der Waals surface area contributed by atoms with Crippen molar-refractivity contribution in [1.29, 1.82) is 0 Å². The SMILES string of the molecule is COc1cc([C@@H]2NCC[C@@H]2O)ccc1O. The largest absolute Gasteiger partial charge is 0.504 e. The first-order chi connectivity index (χ1) is 7.22. The highest BCUT2D eigenvalue weighted by Crippen LogP contribution is 2.31. The molecule has 1 fully saturated rings. The van der Waals surface area contributed by atoms with Gasteiger partial charge >= 0.3 is 0 Å². The van der Waals surface area contributed by atoms with Crippen molar-refractivity contribution in [3.8, 4) is 11.5 Å². The van der Waals surface area contributed by atoms with Gasteiger partial charge in [0.2, 0.25) is 0 Å². The molecule has 1 aromatic rings. The number of methoxy groups -OCH3 is 1. The van der Waals surface area contributed by atoms with Crippen LogP contribution in [0.5, 0.6) is 11.5 Å². The maximum absolute atomic E-state index is 9.71. The fourth-order valence-electron chi connectivity index (χ4n) is 1.92. The third-order valence-electron chi connectivity index (χ3n) is 2.75. The van der Waals surface area contributed by atoms with Crippen LogP contribution in [0, 0.1) is 0 Å². The molecule has 0 amide bonds. The van der Waals surface area contributed by atoms with Gasteiger partial charge in [-0.05, 0) is 30.7 Å². The number of benzene rings is 1. The fourth-order valence-corrected chi connectivity index (χ4v) is 1.92. The summed E-state index contributed by atoms with van der Waals surface area (Å²) in [5.74, 6) is 0.558. The number of aromatic hydroxyl groups is 1. The summed E-state index contributed by atoms with van der Waals surface area (Å²) in [7, 11) is 1.51. The van der Waals surface area contributed by atoms with E-state index in [1.807, 2.05) is 0 Å². The molecule has 0 spiro atoms. The van der Waals surface area contributed by atoms with Crippen LogP contribution in [0.2, 0.25) is 0 Å². The summed E-state index contributed by atoms with van der Waals surface area (Å²) < 4.78 is 5.02. The minimum atomic E-state index is -0.362. The van der Waals surface area contributed by atoms with Gasteiger partial charge in [-0.3, -0.25) is 0 Å². The number of aliphatic hydroxyl groups is 1. The molecule has 0 bridgehead atoms. The van der Waals surface area contributed by atoms with Crippen molar-refractivity contribution < 1.29 is 14.9 Å². The Balaban J connectivity index is 2.28. The van der Waals surface area contributed by atoms with Gasteiger partial charge in [-0.2, -0.15) is 0 Å². The summed E-state index contributed by atoms with van der Waals surface area (Å²) in [4.78, 5) is 0. The lowest BCUT2D eigenvalue weighted by atomic mass is 10.0. The van der Waals surface area contributed by atoms with Crippen molar-refractivity contribution in [2.75, 3.05) is 13.7 Å². The van der Waals surface area contributed by atoms with Crippen molar-refractivity contribution in [3.05, 3.63) is 23.8 Å². The number of aliphatic hydroxyl groups excluding tert-OH is 1. The minimum Gasteiger partial charge on any atom is -0.504 e. The topological polar surface area (TPSA) is 61.7 Å². The molecule has 2 rings (SSSR count). The molecule has 4 nitrogen and oxygen atoms in total. The molecule has 4 heteroatoms. The number of rotatable bonds is 2. The Morgan fingerprint density at radius 2 is 2.27 bits per heavy atom. The molecule has 0 radical (unpaired) electrons. The fraction of sp³-hybridized carbons (Fsp3) is 0.455. The molecule has 1 aromatic carbocycles. The molecule has 1 saturated heterocycles. The zero-order chi connectivity index (χ0) is 10.8. The van der Waals surface area contributed by atoms with Gasteiger partial charge in [0.05, 0.1) is 19.3 Å². The van der Waals surface area contributed by atoms with Gasteiger partial charge in [0.25, 0.3) is 0 Å². The van der Waals surface area contributed by atoms with E-state index in [4.69, 9.17) is 4.74 Å². The molecule has 0 aliphatic carbocycles. The normalized spacial score (nSPS) is 25.5. The lowest BCUT2D eigenvalue weighted by Gasteiger charge is -2.16. The average Bonchev–Trinajstić information content (AvgIpc) is 2.65. The van der Waals surface area contributed by atoms with E-state index in [2.05, 4.69) is 5.32 Å². The number of hydrogen-bond donors (Lipinski definition) is 3. The van der Waals surface area contributed by atoms with Crippen LogP contribution in [-0.4, -0.2) is 30.0 Å². The van der Waals surface area contributed by atoms with Gasteiger partial charge in [-0.15, -0.1) is 0 Å². The second-order valence-electron chi connectivity index (χ2n) is 3.72. The average molecular weight is 209 g/mol. The zero-order valence-corrected chi connectivity index (χ0v) is 8.60. The molecular formula is C11H15NO3. The highest BCUT2D eigenvalue weighted by Gasteiger charge is 2.26. The number of phenols is 1. The van der Waals surface area contributed by atoms with E-state index >= 15 is 0 Å². The molecule has 1 aliphatic rings. The van der Waals surface area contributed by atoms with Crippen LogP contribution < -0.4 is 10.1 Å². The maximum atomic E-state index is 9.71. The number of ether oxygens (including phenoxy) is 1. The summed E-state index contributed by atoms with van der Waals surface area (Å²) in [5, 5.41) is 22.4. The quantitative estimate of drug-likeness (QED) is 0.674. The minimum absolute atomic E-state index is 0.0560. The Morgan fingerprint density at radius 3 is 2.87 bits per heavy atom. The summed E-state index contributed by atoms with van der Waals surface area (Å²) in [6.45, 7) is 0.815. The predicted molar refractivity (Wildman–Crippen MR) is 56.0 cm³/mol. The van der Waals surface area contributed by atoms with Gasteiger partial charge < -0.3 is 20.3 Å². The molecule has 82 valence electrons. The Morgan fingerprint density at radius 1 is 1.47 bits per heavy atom. The highest BCUT2D eigenvalue weighted by atomic mass is 16.5. The van der Waals surface area contributed by atoms with Gasteiger partial charge in [0, 0.05) is 0 Å². The Labute approximate surface area is 88.5 Å². The standard InChI is InChI=1S/C11H15NO3/c1-15-10-6-7(2-3-8(10)13)11-9(14)4-5-12-11/h2-3,6,9,11-14H,4-5H2,1H3/t9-,11-/m0/s1. The first-order valence-electron chi connectivity index (χ1n) is 5.00. The molecule has 0 aromatic heterocycles. The molecule has 1 heterocycles. The highest BCUT2D eigenvalue weighted by molar-refractivity contribution is 5.43. The molecule has 1 aliphatic heterocycles. The van der Waals surface area contributed by atoms with Crippen LogP contribution in [0.3, 0.4) is 0 Å².